The van der Waals surface area contributed by atoms with Crippen molar-refractivity contribution in [3.63, 3.8) is 0 Å². The lowest BCUT2D eigenvalue weighted by molar-refractivity contribution is -0.142. The molecule has 0 radical (unpaired) electrons. The molecule has 0 aromatic heterocycles. The van der Waals surface area contributed by atoms with Crippen LogP contribution >= 0.6 is 0 Å². The topological polar surface area (TPSA) is 61.8 Å². The highest BCUT2D eigenvalue weighted by molar-refractivity contribution is 5.77. The second-order valence-electron chi connectivity index (χ2n) is 6.04. The van der Waals surface area contributed by atoms with Crippen LogP contribution in [0, 0.1) is 5.92 Å². The van der Waals surface area contributed by atoms with Crippen LogP contribution in [-0.4, -0.2) is 60.4 Å². The van der Waals surface area contributed by atoms with E-state index in [2.05, 4.69) is 10.2 Å². The Morgan fingerprint density at radius 3 is 2.68 bits per heavy atom. The van der Waals surface area contributed by atoms with Gasteiger partial charge < -0.3 is 20.1 Å². The molecule has 2 aliphatic rings. The Kier molecular flexibility index (Phi) is 5.19. The summed E-state index contributed by atoms with van der Waals surface area (Å²) in [6.07, 6.45) is 2.87. The van der Waals surface area contributed by atoms with Crippen molar-refractivity contribution in [2.45, 2.75) is 51.4 Å². The predicted molar refractivity (Wildman–Crippen MR) is 72.8 cm³/mol. The number of cyclic esters (lactones) is 1. The molecule has 3 unspecified atom stereocenters. The summed E-state index contributed by atoms with van der Waals surface area (Å²) in [5, 5.41) is 12.7. The number of nitrogens with zero attached hydrogens (tertiary/aromatic N) is 1. The Morgan fingerprint density at radius 2 is 2.16 bits per heavy atom. The van der Waals surface area contributed by atoms with Crippen LogP contribution in [0.2, 0.25) is 0 Å². The molecule has 2 N–H and O–H groups in total. The van der Waals surface area contributed by atoms with Gasteiger partial charge in [0.05, 0.1) is 6.10 Å². The molecule has 5 heteroatoms. The lowest BCUT2D eigenvalue weighted by Crippen LogP contribution is -2.42. The number of piperidine rings is 1. The molecule has 0 aromatic rings. The lowest BCUT2D eigenvalue weighted by Gasteiger charge is -2.33. The van der Waals surface area contributed by atoms with Gasteiger partial charge in [-0.25, -0.2) is 0 Å². The number of rotatable bonds is 5. The molecule has 0 amide bonds. The monoisotopic (exact) mass is 270 g/mol. The third-order valence-electron chi connectivity index (χ3n) is 4.05. The standard InChI is InChI=1S/C14H26N2O3/c1-10(17)9-16-5-3-12(4-6-16)8-15-13-7-11(2)19-14(13)18/h10-13,15,17H,3-9H2,1-2H3. The molecule has 110 valence electrons. The van der Waals surface area contributed by atoms with Gasteiger partial charge in [-0.1, -0.05) is 0 Å². The molecule has 0 aliphatic carbocycles. The number of esters is 1. The third kappa shape index (κ3) is 4.44. The number of β-amino-alcohol motifs (C(OH)–C–C–N with tert-alkyl or cyclic N) is 1. The van der Waals surface area contributed by atoms with Gasteiger partial charge >= 0.3 is 5.97 Å². The van der Waals surface area contributed by atoms with Gasteiger partial charge in [-0.3, -0.25) is 4.79 Å². The van der Waals surface area contributed by atoms with Crippen LogP contribution in [-0.2, 0) is 9.53 Å². The number of carbonyl (C=O) groups excluding carboxylic acids is 1. The maximum atomic E-state index is 11.5. The fourth-order valence-electron chi connectivity index (χ4n) is 2.98. The maximum Gasteiger partial charge on any atom is 0.323 e. The van der Waals surface area contributed by atoms with Gasteiger partial charge in [0.15, 0.2) is 0 Å². The summed E-state index contributed by atoms with van der Waals surface area (Å²) in [6, 6.07) is -0.106. The minimum absolute atomic E-state index is 0.0536. The summed E-state index contributed by atoms with van der Waals surface area (Å²) in [6.45, 7) is 7.53. The second kappa shape index (κ2) is 6.68. The van der Waals surface area contributed by atoms with Crippen molar-refractivity contribution < 1.29 is 14.6 Å². The number of hydrogen-bond donors (Lipinski definition) is 2. The molecule has 2 rings (SSSR count). The molecule has 0 bridgehead atoms. The Morgan fingerprint density at radius 1 is 1.47 bits per heavy atom. The van der Waals surface area contributed by atoms with E-state index >= 15 is 0 Å². The highest BCUT2D eigenvalue weighted by Gasteiger charge is 2.32. The quantitative estimate of drug-likeness (QED) is 0.707. The highest BCUT2D eigenvalue weighted by atomic mass is 16.6. The van der Waals surface area contributed by atoms with Crippen LogP contribution in [0.15, 0.2) is 0 Å². The number of ether oxygens (including phenoxy) is 1. The van der Waals surface area contributed by atoms with Crippen LogP contribution in [0.25, 0.3) is 0 Å². The Balaban J connectivity index is 1.64. The Labute approximate surface area is 115 Å². The largest absolute Gasteiger partial charge is 0.461 e. The van der Waals surface area contributed by atoms with Gasteiger partial charge in [-0.05, 0) is 52.2 Å². The molecule has 2 aliphatic heterocycles. The van der Waals surface area contributed by atoms with E-state index in [1.54, 1.807) is 0 Å². The first-order valence-electron chi connectivity index (χ1n) is 7.39. The number of aliphatic hydroxyl groups is 1. The first kappa shape index (κ1) is 14.8. The van der Waals surface area contributed by atoms with Crippen molar-refractivity contribution in [1.29, 1.82) is 0 Å². The van der Waals surface area contributed by atoms with E-state index in [0.29, 0.717) is 5.92 Å². The molecule has 3 atom stereocenters. The molecule has 2 saturated heterocycles. The fourth-order valence-corrected chi connectivity index (χ4v) is 2.98. The van der Waals surface area contributed by atoms with Gasteiger partial charge in [0, 0.05) is 13.0 Å². The summed E-state index contributed by atoms with van der Waals surface area (Å²) in [5.41, 5.74) is 0. The third-order valence-corrected chi connectivity index (χ3v) is 4.05. The van der Waals surface area contributed by atoms with Gasteiger partial charge in [0.1, 0.15) is 12.1 Å². The fraction of sp³-hybridized carbons (Fsp3) is 0.929. The second-order valence-corrected chi connectivity index (χ2v) is 6.04. The molecular formula is C14H26N2O3. The lowest BCUT2D eigenvalue weighted by atomic mass is 9.96. The SMILES string of the molecule is CC(O)CN1CCC(CNC2CC(C)OC2=O)CC1. The molecule has 5 nitrogen and oxygen atoms in total. The summed E-state index contributed by atoms with van der Waals surface area (Å²) in [7, 11) is 0. The van der Waals surface area contributed by atoms with Crippen molar-refractivity contribution >= 4 is 5.97 Å². The average molecular weight is 270 g/mol. The molecular weight excluding hydrogens is 244 g/mol. The number of likely N-dealkylation sites (tertiary alicyclic amines) is 1. The number of nitrogens with one attached hydrogen (secondary N) is 1. The van der Waals surface area contributed by atoms with Crippen molar-refractivity contribution in [1.82, 2.24) is 10.2 Å². The molecule has 2 fully saturated rings. The smallest absolute Gasteiger partial charge is 0.323 e. The summed E-state index contributed by atoms with van der Waals surface area (Å²) >= 11 is 0. The van der Waals surface area contributed by atoms with Crippen LogP contribution in [0.5, 0.6) is 0 Å². The van der Waals surface area contributed by atoms with Crippen LogP contribution < -0.4 is 5.32 Å². The first-order valence-corrected chi connectivity index (χ1v) is 7.39. The highest BCUT2D eigenvalue weighted by Crippen LogP contribution is 2.19. The van der Waals surface area contributed by atoms with Crippen LogP contribution in [0.1, 0.15) is 33.1 Å². The minimum Gasteiger partial charge on any atom is -0.461 e. The summed E-state index contributed by atoms with van der Waals surface area (Å²) in [4.78, 5) is 13.8. The van der Waals surface area contributed by atoms with Gasteiger partial charge in [0.25, 0.3) is 0 Å². The van der Waals surface area contributed by atoms with Crippen molar-refractivity contribution in [2.24, 2.45) is 5.92 Å². The summed E-state index contributed by atoms with van der Waals surface area (Å²) in [5.74, 6) is 0.535. The molecule has 2 heterocycles. The van der Waals surface area contributed by atoms with E-state index < -0.39 is 0 Å². The summed E-state index contributed by atoms with van der Waals surface area (Å²) < 4.78 is 5.14. The average Bonchev–Trinajstić information content (AvgIpc) is 2.66. The van der Waals surface area contributed by atoms with Crippen LogP contribution in [0.4, 0.5) is 0 Å². The van der Waals surface area contributed by atoms with E-state index in [0.717, 1.165) is 45.4 Å². The van der Waals surface area contributed by atoms with Crippen molar-refractivity contribution in [3.05, 3.63) is 0 Å². The van der Waals surface area contributed by atoms with E-state index in [1.165, 1.54) is 0 Å². The zero-order valence-electron chi connectivity index (χ0n) is 12.0. The van der Waals surface area contributed by atoms with Crippen molar-refractivity contribution in [2.75, 3.05) is 26.2 Å². The first-order chi connectivity index (χ1) is 9.04. The Hall–Kier alpha value is -0.650. The van der Waals surface area contributed by atoms with Gasteiger partial charge in [-0.2, -0.15) is 0 Å². The molecule has 0 saturated carbocycles. The zero-order chi connectivity index (χ0) is 13.8. The molecule has 0 aromatic carbocycles. The predicted octanol–water partition coefficient (Wildman–Crippen LogP) is 0.373. The Bertz CT molecular complexity index is 301. The van der Waals surface area contributed by atoms with Crippen molar-refractivity contribution in [3.8, 4) is 0 Å². The van der Waals surface area contributed by atoms with E-state index in [9.17, 15) is 9.90 Å². The minimum atomic E-state index is -0.246. The van der Waals surface area contributed by atoms with E-state index in [4.69, 9.17) is 4.74 Å². The van der Waals surface area contributed by atoms with Crippen LogP contribution in [0.3, 0.4) is 0 Å². The zero-order valence-corrected chi connectivity index (χ0v) is 12.0. The number of aliphatic hydroxyl groups excluding tert-OH is 1. The van der Waals surface area contributed by atoms with Gasteiger partial charge in [-0.15, -0.1) is 0 Å². The van der Waals surface area contributed by atoms with E-state index in [1.807, 2.05) is 13.8 Å². The maximum absolute atomic E-state index is 11.5. The normalized spacial score (nSPS) is 31.4. The number of hydrogen-bond acceptors (Lipinski definition) is 5. The van der Waals surface area contributed by atoms with E-state index in [-0.39, 0.29) is 24.2 Å². The van der Waals surface area contributed by atoms with Gasteiger partial charge in [0.2, 0.25) is 0 Å². The number of carbonyl (C=O) groups is 1. The molecule has 19 heavy (non-hydrogen) atoms. The molecule has 0 spiro atoms.